The third-order valence-electron chi connectivity index (χ3n) is 3.23. The van der Waals surface area contributed by atoms with Gasteiger partial charge in [-0.15, -0.1) is 0 Å². The monoisotopic (exact) mass is 288 g/mol. The van der Waals surface area contributed by atoms with Crippen molar-refractivity contribution in [2.45, 2.75) is 40.2 Å². The number of fused-ring (bicyclic) bond motifs is 1. The lowest BCUT2D eigenvalue weighted by Gasteiger charge is -2.23. The molecular weight excluding hydrogens is 268 g/mol. The molecule has 2 amide bonds. The van der Waals surface area contributed by atoms with E-state index in [1.165, 1.54) is 4.90 Å². The Balaban J connectivity index is 2.33. The SMILES string of the molecule is Cc1cc(C)c2c(c1)N(CC(=O)NC(C)(C)C)C(=O)C2=O. The van der Waals surface area contributed by atoms with Gasteiger partial charge < -0.3 is 5.32 Å². The van der Waals surface area contributed by atoms with Crippen LogP contribution in [0.5, 0.6) is 0 Å². The van der Waals surface area contributed by atoms with E-state index in [1.54, 1.807) is 13.0 Å². The summed E-state index contributed by atoms with van der Waals surface area (Å²) in [6.45, 7) is 9.15. The van der Waals surface area contributed by atoms with Crippen LogP contribution in [0.15, 0.2) is 12.1 Å². The highest BCUT2D eigenvalue weighted by Gasteiger charge is 2.38. The summed E-state index contributed by atoms with van der Waals surface area (Å²) in [7, 11) is 0. The number of hydrogen-bond donors (Lipinski definition) is 1. The van der Waals surface area contributed by atoms with E-state index in [9.17, 15) is 14.4 Å². The molecule has 1 N–H and O–H groups in total. The Morgan fingerprint density at radius 1 is 1.19 bits per heavy atom. The Hall–Kier alpha value is -2.17. The van der Waals surface area contributed by atoms with E-state index in [0.29, 0.717) is 11.3 Å². The van der Waals surface area contributed by atoms with Crippen LogP contribution in [0.25, 0.3) is 0 Å². The van der Waals surface area contributed by atoms with Crippen LogP contribution in [0, 0.1) is 13.8 Å². The molecular formula is C16H20N2O3. The summed E-state index contributed by atoms with van der Waals surface area (Å²) in [5, 5.41) is 2.80. The van der Waals surface area contributed by atoms with Gasteiger partial charge in [0.05, 0.1) is 11.3 Å². The number of Topliss-reactive ketones (excluding diaryl/α,β-unsaturated/α-hetero) is 1. The second kappa shape index (κ2) is 4.98. The molecule has 0 aliphatic carbocycles. The summed E-state index contributed by atoms with van der Waals surface area (Å²) >= 11 is 0. The molecule has 5 nitrogen and oxygen atoms in total. The number of nitrogens with one attached hydrogen (secondary N) is 1. The molecule has 0 saturated carbocycles. The van der Waals surface area contributed by atoms with Crippen LogP contribution in [0.3, 0.4) is 0 Å². The van der Waals surface area contributed by atoms with Crippen molar-refractivity contribution in [1.82, 2.24) is 5.32 Å². The number of carbonyl (C=O) groups is 3. The quantitative estimate of drug-likeness (QED) is 0.843. The minimum atomic E-state index is -0.636. The smallest absolute Gasteiger partial charge is 0.299 e. The lowest BCUT2D eigenvalue weighted by atomic mass is 10.0. The number of aryl methyl sites for hydroxylation is 2. The lowest BCUT2D eigenvalue weighted by molar-refractivity contribution is -0.123. The first-order valence-electron chi connectivity index (χ1n) is 6.88. The number of nitrogens with zero attached hydrogens (tertiary/aromatic N) is 1. The highest BCUT2D eigenvalue weighted by molar-refractivity contribution is 6.53. The second-order valence-electron chi connectivity index (χ2n) is 6.49. The second-order valence-corrected chi connectivity index (χ2v) is 6.49. The fraction of sp³-hybridized carbons (Fsp3) is 0.438. The molecule has 112 valence electrons. The van der Waals surface area contributed by atoms with Gasteiger partial charge in [-0.05, 0) is 51.8 Å². The molecule has 1 aliphatic rings. The third kappa shape index (κ3) is 2.96. The van der Waals surface area contributed by atoms with Gasteiger partial charge in [0.1, 0.15) is 6.54 Å². The maximum atomic E-state index is 12.1. The molecule has 0 radical (unpaired) electrons. The Morgan fingerprint density at radius 3 is 2.38 bits per heavy atom. The highest BCUT2D eigenvalue weighted by Crippen LogP contribution is 2.32. The average molecular weight is 288 g/mol. The lowest BCUT2D eigenvalue weighted by Crippen LogP contribution is -2.47. The van der Waals surface area contributed by atoms with Crippen LogP contribution in [0.2, 0.25) is 0 Å². The normalized spacial score (nSPS) is 14.4. The average Bonchev–Trinajstić information content (AvgIpc) is 2.52. The minimum Gasteiger partial charge on any atom is -0.350 e. The Bertz CT molecular complexity index is 642. The van der Waals surface area contributed by atoms with Crippen molar-refractivity contribution in [2.75, 3.05) is 11.4 Å². The molecule has 0 saturated heterocycles. The molecule has 1 aromatic rings. The number of carbonyl (C=O) groups excluding carboxylic acids is 3. The Kier molecular flexibility index (Phi) is 3.61. The van der Waals surface area contributed by atoms with Gasteiger partial charge in [0.2, 0.25) is 5.91 Å². The number of benzene rings is 1. The topological polar surface area (TPSA) is 66.5 Å². The van der Waals surface area contributed by atoms with Gasteiger partial charge >= 0.3 is 0 Å². The summed E-state index contributed by atoms with van der Waals surface area (Å²) in [6.07, 6.45) is 0. The van der Waals surface area contributed by atoms with Crippen LogP contribution >= 0.6 is 0 Å². The molecule has 0 unspecified atom stereocenters. The van der Waals surface area contributed by atoms with Crippen LogP contribution in [0.1, 0.15) is 42.3 Å². The predicted molar refractivity (Wildman–Crippen MR) is 80.5 cm³/mol. The van der Waals surface area contributed by atoms with E-state index in [2.05, 4.69) is 5.32 Å². The van der Waals surface area contributed by atoms with Gasteiger partial charge in [-0.3, -0.25) is 19.3 Å². The Morgan fingerprint density at radius 2 is 1.81 bits per heavy atom. The van der Waals surface area contributed by atoms with Crippen LogP contribution in [-0.2, 0) is 9.59 Å². The number of anilines is 1. The summed E-state index contributed by atoms with van der Waals surface area (Å²) < 4.78 is 0. The first-order valence-corrected chi connectivity index (χ1v) is 6.88. The highest BCUT2D eigenvalue weighted by atomic mass is 16.2. The van der Waals surface area contributed by atoms with Gasteiger partial charge in [-0.2, -0.15) is 0 Å². The van der Waals surface area contributed by atoms with Gasteiger partial charge in [0, 0.05) is 5.54 Å². The molecule has 2 rings (SSSR count). The molecule has 0 atom stereocenters. The zero-order valence-electron chi connectivity index (χ0n) is 13.0. The zero-order valence-corrected chi connectivity index (χ0v) is 13.0. The predicted octanol–water partition coefficient (Wildman–Crippen LogP) is 1.75. The molecule has 0 spiro atoms. The van der Waals surface area contributed by atoms with Crippen molar-refractivity contribution in [3.63, 3.8) is 0 Å². The molecule has 0 fully saturated rings. The standard InChI is InChI=1S/C16H20N2O3/c1-9-6-10(2)13-11(7-9)18(15(21)14(13)20)8-12(19)17-16(3,4)5/h6-7H,8H2,1-5H3,(H,17,19). The molecule has 1 aromatic carbocycles. The fourth-order valence-electron chi connectivity index (χ4n) is 2.55. The van der Waals surface area contributed by atoms with Gasteiger partial charge in [0.25, 0.3) is 11.7 Å². The van der Waals surface area contributed by atoms with Crippen molar-refractivity contribution < 1.29 is 14.4 Å². The van der Waals surface area contributed by atoms with Gasteiger partial charge in [0.15, 0.2) is 0 Å². The molecule has 0 bridgehead atoms. The van der Waals surface area contributed by atoms with E-state index in [1.807, 2.05) is 33.8 Å². The summed E-state index contributed by atoms with van der Waals surface area (Å²) in [6, 6.07) is 3.64. The first-order chi connectivity index (χ1) is 9.60. The van der Waals surface area contributed by atoms with Crippen LogP contribution in [0.4, 0.5) is 5.69 Å². The first kappa shape index (κ1) is 15.2. The summed E-state index contributed by atoms with van der Waals surface area (Å²) in [5.41, 5.74) is 2.28. The van der Waals surface area contributed by atoms with E-state index in [-0.39, 0.29) is 18.0 Å². The molecule has 0 aromatic heterocycles. The molecule has 1 aliphatic heterocycles. The van der Waals surface area contributed by atoms with Crippen molar-refractivity contribution in [1.29, 1.82) is 0 Å². The van der Waals surface area contributed by atoms with Crippen LogP contribution in [-0.4, -0.2) is 29.7 Å². The fourth-order valence-corrected chi connectivity index (χ4v) is 2.55. The zero-order chi connectivity index (χ0) is 15.9. The number of amides is 2. The Labute approximate surface area is 124 Å². The number of ketones is 1. The van der Waals surface area contributed by atoms with Crippen molar-refractivity contribution in [3.05, 3.63) is 28.8 Å². The van der Waals surface area contributed by atoms with E-state index >= 15 is 0 Å². The number of rotatable bonds is 2. The van der Waals surface area contributed by atoms with Gasteiger partial charge in [-0.1, -0.05) is 6.07 Å². The molecule has 21 heavy (non-hydrogen) atoms. The van der Waals surface area contributed by atoms with Gasteiger partial charge in [-0.25, -0.2) is 0 Å². The summed E-state index contributed by atoms with van der Waals surface area (Å²) in [5.74, 6) is -1.45. The maximum absolute atomic E-state index is 12.1. The molecule has 5 heteroatoms. The number of hydrogen-bond acceptors (Lipinski definition) is 3. The van der Waals surface area contributed by atoms with Crippen molar-refractivity contribution in [2.24, 2.45) is 0 Å². The summed E-state index contributed by atoms with van der Waals surface area (Å²) in [4.78, 5) is 37.5. The van der Waals surface area contributed by atoms with Crippen LogP contribution < -0.4 is 10.2 Å². The maximum Gasteiger partial charge on any atom is 0.299 e. The third-order valence-corrected chi connectivity index (χ3v) is 3.23. The van der Waals surface area contributed by atoms with E-state index < -0.39 is 11.7 Å². The minimum absolute atomic E-state index is 0.141. The largest absolute Gasteiger partial charge is 0.350 e. The van der Waals surface area contributed by atoms with E-state index in [0.717, 1.165) is 11.1 Å². The van der Waals surface area contributed by atoms with E-state index in [4.69, 9.17) is 0 Å². The van der Waals surface area contributed by atoms with Crippen molar-refractivity contribution in [3.8, 4) is 0 Å². The molecule has 1 heterocycles. The van der Waals surface area contributed by atoms with Crippen molar-refractivity contribution >= 4 is 23.3 Å².